The van der Waals surface area contributed by atoms with Gasteiger partial charge in [0.05, 0.1) is 17.3 Å². The molecule has 2 saturated heterocycles. The fourth-order valence-corrected chi connectivity index (χ4v) is 4.01. The number of aromatic nitrogens is 2. The summed E-state index contributed by atoms with van der Waals surface area (Å²) in [5.41, 5.74) is 0.115. The highest BCUT2D eigenvalue weighted by molar-refractivity contribution is 5.94. The molecule has 0 aliphatic carbocycles. The lowest BCUT2D eigenvalue weighted by Gasteiger charge is -2.46. The highest BCUT2D eigenvalue weighted by Gasteiger charge is 2.60. The number of aliphatic carboxylic acids is 2. The Hall–Kier alpha value is -4.05. The number of anilines is 1. The summed E-state index contributed by atoms with van der Waals surface area (Å²) in [6, 6.07) is 6.93. The van der Waals surface area contributed by atoms with Crippen molar-refractivity contribution < 1.29 is 59.7 Å². The third kappa shape index (κ3) is 8.22. The zero-order chi connectivity index (χ0) is 30.4. The summed E-state index contributed by atoms with van der Waals surface area (Å²) in [5.74, 6) is -8.51. The van der Waals surface area contributed by atoms with E-state index < -0.39 is 35.6 Å². The molecule has 220 valence electrons. The van der Waals surface area contributed by atoms with Gasteiger partial charge in [0, 0.05) is 56.8 Å². The third-order valence-corrected chi connectivity index (χ3v) is 6.03. The van der Waals surface area contributed by atoms with Crippen LogP contribution < -0.4 is 4.90 Å². The van der Waals surface area contributed by atoms with Gasteiger partial charge in [0.15, 0.2) is 0 Å². The average molecular weight is 586 g/mol. The monoisotopic (exact) mass is 586 g/mol. The van der Waals surface area contributed by atoms with Crippen LogP contribution in [0.2, 0.25) is 0 Å². The van der Waals surface area contributed by atoms with Crippen LogP contribution >= 0.6 is 0 Å². The maximum atomic E-state index is 14.9. The molecule has 0 saturated carbocycles. The number of carbonyl (C=O) groups is 3. The summed E-state index contributed by atoms with van der Waals surface area (Å²) in [4.78, 5) is 42.0. The number of carbonyl (C=O) groups excluding carboxylic acids is 1. The van der Waals surface area contributed by atoms with Crippen LogP contribution in [-0.2, 0) is 9.59 Å². The van der Waals surface area contributed by atoms with Gasteiger partial charge in [-0.2, -0.15) is 26.3 Å². The van der Waals surface area contributed by atoms with Crippen molar-refractivity contribution in [3.8, 4) is 0 Å². The number of amides is 1. The van der Waals surface area contributed by atoms with Crippen LogP contribution in [0.1, 0.15) is 23.2 Å². The molecule has 2 aromatic heterocycles. The third-order valence-electron chi connectivity index (χ3n) is 6.03. The molecule has 2 aromatic rings. The van der Waals surface area contributed by atoms with Crippen molar-refractivity contribution in [3.63, 3.8) is 0 Å². The lowest BCUT2D eigenvalue weighted by Crippen LogP contribution is -2.58. The van der Waals surface area contributed by atoms with Gasteiger partial charge in [-0.15, -0.1) is 0 Å². The lowest BCUT2D eigenvalue weighted by molar-refractivity contribution is -0.193. The lowest BCUT2D eigenvalue weighted by atomic mass is 9.75. The summed E-state index contributed by atoms with van der Waals surface area (Å²) < 4.78 is 93.3. The molecule has 2 fully saturated rings. The van der Waals surface area contributed by atoms with Crippen molar-refractivity contribution >= 4 is 23.5 Å². The summed E-state index contributed by atoms with van der Waals surface area (Å²) >= 11 is 0. The van der Waals surface area contributed by atoms with E-state index in [1.54, 1.807) is 47.9 Å². The highest BCUT2D eigenvalue weighted by Crippen LogP contribution is 2.50. The van der Waals surface area contributed by atoms with E-state index in [-0.39, 0.29) is 32.0 Å². The van der Waals surface area contributed by atoms with Gasteiger partial charge in [-0.3, -0.25) is 14.8 Å². The molecule has 4 heterocycles. The fraction of sp³-hybridized carbons (Fsp3) is 0.435. The Morgan fingerprint density at radius 1 is 0.800 bits per heavy atom. The second-order valence-corrected chi connectivity index (χ2v) is 8.69. The summed E-state index contributed by atoms with van der Waals surface area (Å²) in [7, 11) is 0. The maximum Gasteiger partial charge on any atom is 0.490 e. The number of pyridine rings is 2. The summed E-state index contributed by atoms with van der Waals surface area (Å²) in [5, 5.41) is 14.2. The van der Waals surface area contributed by atoms with E-state index in [1.807, 2.05) is 11.0 Å². The first-order valence-electron chi connectivity index (χ1n) is 11.2. The van der Waals surface area contributed by atoms with Gasteiger partial charge in [0.1, 0.15) is 0 Å². The van der Waals surface area contributed by atoms with E-state index >= 15 is 0 Å². The minimum Gasteiger partial charge on any atom is -0.475 e. The predicted molar refractivity (Wildman–Crippen MR) is 121 cm³/mol. The zero-order valence-corrected chi connectivity index (χ0v) is 20.3. The van der Waals surface area contributed by atoms with Crippen LogP contribution in [0.3, 0.4) is 0 Å². The molecule has 17 heteroatoms. The molecule has 1 amide bonds. The zero-order valence-electron chi connectivity index (χ0n) is 20.3. The van der Waals surface area contributed by atoms with E-state index in [0.717, 1.165) is 5.69 Å². The topological polar surface area (TPSA) is 124 Å². The molecule has 4 rings (SSSR count). The first-order valence-corrected chi connectivity index (χ1v) is 11.2. The summed E-state index contributed by atoms with van der Waals surface area (Å²) in [6.45, 7) is 0.908. The van der Waals surface area contributed by atoms with E-state index in [2.05, 4.69) is 9.97 Å². The Bertz CT molecular complexity index is 1140. The highest BCUT2D eigenvalue weighted by atomic mass is 19.4. The van der Waals surface area contributed by atoms with Crippen LogP contribution in [0.4, 0.5) is 40.8 Å². The Morgan fingerprint density at radius 3 is 1.82 bits per heavy atom. The standard InChI is InChI=1S/C19H20F2N4O.2C2HF3O2/c20-19(21)6-11-25(17(26)15-3-8-22-9-4-15)14-18(19)5-10-24(13-18)16-2-1-7-23-12-16;2*3-2(4,5)1(6)7/h1-4,7-9,12H,5-6,10-11,13-14H2;2*(H,6,7). The fourth-order valence-electron chi connectivity index (χ4n) is 4.01. The van der Waals surface area contributed by atoms with Gasteiger partial charge in [0.25, 0.3) is 11.8 Å². The number of hydrogen-bond acceptors (Lipinski definition) is 6. The molecule has 9 nitrogen and oxygen atoms in total. The van der Waals surface area contributed by atoms with Gasteiger partial charge in [-0.05, 0) is 30.7 Å². The van der Waals surface area contributed by atoms with Crippen molar-refractivity contribution in [2.24, 2.45) is 5.41 Å². The smallest absolute Gasteiger partial charge is 0.475 e. The Balaban J connectivity index is 0.000000333. The van der Waals surface area contributed by atoms with Crippen molar-refractivity contribution in [3.05, 3.63) is 54.6 Å². The first-order chi connectivity index (χ1) is 18.4. The molecule has 1 unspecified atom stereocenters. The average Bonchev–Trinajstić information content (AvgIpc) is 3.32. The molecule has 0 bridgehead atoms. The molecule has 40 heavy (non-hydrogen) atoms. The molecule has 2 aliphatic rings. The number of piperidine rings is 1. The predicted octanol–water partition coefficient (Wildman–Crippen LogP) is 4.12. The first kappa shape index (κ1) is 32.2. The number of likely N-dealkylation sites (tertiary alicyclic amines) is 1. The summed E-state index contributed by atoms with van der Waals surface area (Å²) in [6.07, 6.45) is -3.66. The van der Waals surface area contributed by atoms with Crippen molar-refractivity contribution in [1.29, 1.82) is 0 Å². The minimum absolute atomic E-state index is 0.0674. The number of rotatable bonds is 2. The van der Waals surface area contributed by atoms with Crippen molar-refractivity contribution in [2.75, 3.05) is 31.1 Å². The molecule has 1 atom stereocenters. The Labute approximate surface area is 221 Å². The molecular weight excluding hydrogens is 564 g/mol. The van der Waals surface area contributed by atoms with Crippen molar-refractivity contribution in [2.45, 2.75) is 31.1 Å². The van der Waals surface area contributed by atoms with E-state index in [4.69, 9.17) is 19.8 Å². The van der Waals surface area contributed by atoms with Crippen LogP contribution in [0.25, 0.3) is 0 Å². The molecule has 0 radical (unpaired) electrons. The largest absolute Gasteiger partial charge is 0.490 e. The molecule has 1 spiro atoms. The number of carboxylic acid groups (broad SMARTS) is 2. The van der Waals surface area contributed by atoms with Crippen molar-refractivity contribution in [1.82, 2.24) is 14.9 Å². The maximum absolute atomic E-state index is 14.9. The van der Waals surface area contributed by atoms with Crippen LogP contribution in [-0.4, -0.2) is 87.4 Å². The van der Waals surface area contributed by atoms with Gasteiger partial charge in [-0.1, -0.05) is 0 Å². The van der Waals surface area contributed by atoms with Gasteiger partial charge in [-0.25, -0.2) is 18.4 Å². The quantitative estimate of drug-likeness (QED) is 0.504. The van der Waals surface area contributed by atoms with Gasteiger partial charge < -0.3 is 20.0 Å². The molecule has 0 aromatic carbocycles. The second-order valence-electron chi connectivity index (χ2n) is 8.69. The van der Waals surface area contributed by atoms with Gasteiger partial charge >= 0.3 is 24.3 Å². The molecular formula is C23H22F8N4O5. The molecule has 2 N–H and O–H groups in total. The number of carboxylic acids is 2. The van der Waals surface area contributed by atoms with E-state index in [1.165, 1.54) is 0 Å². The number of alkyl halides is 8. The normalized spacial score (nSPS) is 20.1. The molecule has 2 aliphatic heterocycles. The second kappa shape index (κ2) is 12.4. The number of hydrogen-bond donors (Lipinski definition) is 2. The Morgan fingerprint density at radius 2 is 1.35 bits per heavy atom. The van der Waals surface area contributed by atoms with Crippen LogP contribution in [0, 0.1) is 5.41 Å². The number of nitrogens with zero attached hydrogens (tertiary/aromatic N) is 4. The Kier molecular flexibility index (Phi) is 9.99. The SMILES string of the molecule is O=C(O)C(F)(F)F.O=C(O)C(F)(F)F.O=C(c1ccncc1)N1CCC(F)(F)C2(CCN(c3cccnc3)C2)C1. The van der Waals surface area contributed by atoms with Gasteiger partial charge in [0.2, 0.25) is 0 Å². The minimum atomic E-state index is -5.08. The van der Waals surface area contributed by atoms with Crippen LogP contribution in [0.5, 0.6) is 0 Å². The van der Waals surface area contributed by atoms with E-state index in [9.17, 15) is 39.9 Å². The van der Waals surface area contributed by atoms with E-state index in [0.29, 0.717) is 18.5 Å². The number of halogens is 8. The van der Waals surface area contributed by atoms with Crippen LogP contribution in [0.15, 0.2) is 49.1 Å².